The Morgan fingerprint density at radius 3 is 2.63 bits per heavy atom. The topological polar surface area (TPSA) is 21.3 Å². The molecule has 0 radical (unpaired) electrons. The summed E-state index contributed by atoms with van der Waals surface area (Å²) in [6.07, 6.45) is 2.38. The minimum Gasteiger partial charge on any atom is -0.434 e. The van der Waals surface area contributed by atoms with Gasteiger partial charge in [0.25, 0.3) is 0 Å². The molecule has 1 fully saturated rings. The van der Waals surface area contributed by atoms with Crippen molar-refractivity contribution in [2.45, 2.75) is 45.9 Å². The molecule has 0 spiro atoms. The number of alkyl halides is 2. The highest BCUT2D eigenvalue weighted by Gasteiger charge is 2.29. The van der Waals surface area contributed by atoms with Crippen LogP contribution in [-0.2, 0) is 6.54 Å². The molecular weight excluding hydrogens is 248 g/mol. The lowest BCUT2D eigenvalue weighted by molar-refractivity contribution is -0.0505. The van der Waals surface area contributed by atoms with Gasteiger partial charge in [-0.15, -0.1) is 0 Å². The van der Waals surface area contributed by atoms with Gasteiger partial charge in [0.15, 0.2) is 0 Å². The van der Waals surface area contributed by atoms with Crippen molar-refractivity contribution in [3.8, 4) is 5.75 Å². The Hall–Kier alpha value is -1.16. The fourth-order valence-corrected chi connectivity index (χ4v) is 2.75. The van der Waals surface area contributed by atoms with Gasteiger partial charge < -0.3 is 10.1 Å². The van der Waals surface area contributed by atoms with Crippen LogP contribution in [-0.4, -0.2) is 12.7 Å². The summed E-state index contributed by atoms with van der Waals surface area (Å²) in [4.78, 5) is 0. The van der Waals surface area contributed by atoms with Crippen LogP contribution in [0.3, 0.4) is 0 Å². The number of halogens is 2. The predicted octanol–water partition coefficient (Wildman–Crippen LogP) is 3.81. The van der Waals surface area contributed by atoms with Crippen LogP contribution in [0.25, 0.3) is 0 Å². The summed E-state index contributed by atoms with van der Waals surface area (Å²) in [5.41, 5.74) is 0.787. The molecule has 0 heterocycles. The standard InChI is InChI=1S/C15H21F2NO/c1-10-7-8-13(11(10)2)18-9-12-5-3-4-6-14(12)19-15(16)17/h3-6,10-11,13,15,18H,7-9H2,1-2H3. The van der Waals surface area contributed by atoms with Crippen LogP contribution < -0.4 is 10.1 Å². The maximum Gasteiger partial charge on any atom is 0.387 e. The van der Waals surface area contributed by atoms with Crippen molar-refractivity contribution in [3.63, 3.8) is 0 Å². The Morgan fingerprint density at radius 2 is 2.00 bits per heavy atom. The van der Waals surface area contributed by atoms with Gasteiger partial charge >= 0.3 is 6.61 Å². The fourth-order valence-electron chi connectivity index (χ4n) is 2.75. The number of rotatable bonds is 5. The average molecular weight is 269 g/mol. The first-order chi connectivity index (χ1) is 9.08. The maximum absolute atomic E-state index is 12.3. The quantitative estimate of drug-likeness (QED) is 0.877. The number of nitrogens with one attached hydrogen (secondary N) is 1. The molecule has 1 aromatic rings. The van der Waals surface area contributed by atoms with E-state index >= 15 is 0 Å². The third-order valence-electron chi connectivity index (χ3n) is 4.21. The molecule has 1 N–H and O–H groups in total. The molecular formula is C15H21F2NO. The Bertz CT molecular complexity index is 411. The first kappa shape index (κ1) is 14.3. The van der Waals surface area contributed by atoms with E-state index in [1.165, 1.54) is 6.42 Å². The van der Waals surface area contributed by atoms with Gasteiger partial charge in [-0.05, 0) is 30.7 Å². The minimum absolute atomic E-state index is 0.267. The number of benzene rings is 1. The zero-order valence-corrected chi connectivity index (χ0v) is 11.4. The van der Waals surface area contributed by atoms with Crippen LogP contribution in [0.2, 0.25) is 0 Å². The third-order valence-corrected chi connectivity index (χ3v) is 4.21. The van der Waals surface area contributed by atoms with E-state index in [0.717, 1.165) is 17.9 Å². The molecule has 0 aliphatic heterocycles. The van der Waals surface area contributed by atoms with Gasteiger partial charge in [-0.25, -0.2) is 0 Å². The summed E-state index contributed by atoms with van der Waals surface area (Å²) in [5.74, 6) is 1.62. The summed E-state index contributed by atoms with van der Waals surface area (Å²) in [7, 11) is 0. The van der Waals surface area contributed by atoms with Gasteiger partial charge in [0.1, 0.15) is 5.75 Å². The molecule has 0 amide bonds. The maximum atomic E-state index is 12.3. The van der Waals surface area contributed by atoms with Gasteiger partial charge in [-0.3, -0.25) is 0 Å². The van der Waals surface area contributed by atoms with Crippen molar-refractivity contribution < 1.29 is 13.5 Å². The molecule has 1 saturated carbocycles. The summed E-state index contributed by atoms with van der Waals surface area (Å²) in [5, 5.41) is 3.47. The second-order valence-corrected chi connectivity index (χ2v) is 5.39. The zero-order valence-electron chi connectivity index (χ0n) is 11.4. The van der Waals surface area contributed by atoms with Gasteiger partial charge in [0, 0.05) is 18.2 Å². The predicted molar refractivity (Wildman–Crippen MR) is 71.3 cm³/mol. The van der Waals surface area contributed by atoms with Crippen molar-refractivity contribution in [2.24, 2.45) is 11.8 Å². The van der Waals surface area contributed by atoms with Crippen LogP contribution in [0.5, 0.6) is 5.75 Å². The highest BCUT2D eigenvalue weighted by Crippen LogP contribution is 2.31. The molecule has 2 rings (SSSR count). The van der Waals surface area contributed by atoms with E-state index in [0.29, 0.717) is 18.5 Å². The molecule has 4 heteroatoms. The first-order valence-electron chi connectivity index (χ1n) is 6.84. The SMILES string of the molecule is CC1CCC(NCc2ccccc2OC(F)F)C1C. The lowest BCUT2D eigenvalue weighted by Gasteiger charge is -2.20. The highest BCUT2D eigenvalue weighted by atomic mass is 19.3. The first-order valence-corrected chi connectivity index (χ1v) is 6.84. The Kier molecular flexibility index (Phi) is 4.75. The average Bonchev–Trinajstić information content (AvgIpc) is 2.68. The number of hydrogen-bond acceptors (Lipinski definition) is 2. The number of hydrogen-bond donors (Lipinski definition) is 1. The highest BCUT2D eigenvalue weighted by molar-refractivity contribution is 5.33. The summed E-state index contributed by atoms with van der Waals surface area (Å²) >= 11 is 0. The van der Waals surface area contributed by atoms with Crippen molar-refractivity contribution >= 4 is 0 Å². The van der Waals surface area contributed by atoms with Crippen molar-refractivity contribution in [2.75, 3.05) is 0 Å². The monoisotopic (exact) mass is 269 g/mol. The molecule has 0 aromatic heterocycles. The van der Waals surface area contributed by atoms with Crippen molar-refractivity contribution in [1.29, 1.82) is 0 Å². The minimum atomic E-state index is -2.77. The molecule has 3 atom stereocenters. The molecule has 106 valence electrons. The fraction of sp³-hybridized carbons (Fsp3) is 0.600. The van der Waals surface area contributed by atoms with E-state index in [2.05, 4.69) is 23.9 Å². The van der Waals surface area contributed by atoms with E-state index in [1.807, 2.05) is 12.1 Å². The molecule has 1 aliphatic rings. The number of ether oxygens (including phenoxy) is 1. The van der Waals surface area contributed by atoms with Crippen LogP contribution in [0.15, 0.2) is 24.3 Å². The van der Waals surface area contributed by atoms with E-state index in [9.17, 15) is 8.78 Å². The number of para-hydroxylation sites is 1. The van der Waals surface area contributed by atoms with Crippen LogP contribution >= 0.6 is 0 Å². The Morgan fingerprint density at radius 1 is 1.26 bits per heavy atom. The van der Waals surface area contributed by atoms with Gasteiger partial charge in [0.05, 0.1) is 0 Å². The summed E-state index contributed by atoms with van der Waals surface area (Å²) < 4.78 is 29.2. The summed E-state index contributed by atoms with van der Waals surface area (Å²) in [6.45, 7) is 2.31. The second kappa shape index (κ2) is 6.33. The molecule has 2 nitrogen and oxygen atoms in total. The zero-order chi connectivity index (χ0) is 13.8. The largest absolute Gasteiger partial charge is 0.434 e. The van der Waals surface area contributed by atoms with E-state index < -0.39 is 6.61 Å². The van der Waals surface area contributed by atoms with Gasteiger partial charge in [-0.1, -0.05) is 32.0 Å². The Labute approximate surface area is 113 Å². The third kappa shape index (κ3) is 3.66. The van der Waals surface area contributed by atoms with Crippen molar-refractivity contribution in [1.82, 2.24) is 5.32 Å². The lowest BCUT2D eigenvalue weighted by Crippen LogP contribution is -2.32. The molecule has 0 saturated heterocycles. The molecule has 1 aliphatic carbocycles. The van der Waals surface area contributed by atoms with E-state index in [-0.39, 0.29) is 5.75 Å². The van der Waals surface area contributed by atoms with E-state index in [4.69, 9.17) is 0 Å². The second-order valence-electron chi connectivity index (χ2n) is 5.39. The smallest absolute Gasteiger partial charge is 0.387 e. The lowest BCUT2D eigenvalue weighted by atomic mass is 9.97. The van der Waals surface area contributed by atoms with Gasteiger partial charge in [-0.2, -0.15) is 8.78 Å². The molecule has 19 heavy (non-hydrogen) atoms. The van der Waals surface area contributed by atoms with Crippen LogP contribution in [0, 0.1) is 11.8 Å². The molecule has 1 aromatic carbocycles. The summed E-state index contributed by atoms with van der Waals surface area (Å²) in [6, 6.07) is 7.43. The van der Waals surface area contributed by atoms with Gasteiger partial charge in [0.2, 0.25) is 0 Å². The normalized spacial score (nSPS) is 26.9. The van der Waals surface area contributed by atoms with E-state index in [1.54, 1.807) is 12.1 Å². The molecule has 3 unspecified atom stereocenters. The van der Waals surface area contributed by atoms with Crippen LogP contribution in [0.4, 0.5) is 8.78 Å². The van der Waals surface area contributed by atoms with Crippen molar-refractivity contribution in [3.05, 3.63) is 29.8 Å². The Balaban J connectivity index is 1.96. The van der Waals surface area contributed by atoms with Crippen LogP contribution in [0.1, 0.15) is 32.3 Å². The molecule has 0 bridgehead atoms.